The molecule has 1 aromatic carbocycles. The quantitative estimate of drug-likeness (QED) is 0.676. The van der Waals surface area contributed by atoms with E-state index in [1.165, 1.54) is 30.5 Å². The van der Waals surface area contributed by atoms with Crippen molar-refractivity contribution in [2.24, 2.45) is 5.10 Å². The van der Waals surface area contributed by atoms with Gasteiger partial charge < -0.3 is 9.52 Å². The molecule has 6 heteroatoms. The van der Waals surface area contributed by atoms with E-state index in [1.54, 1.807) is 12.1 Å². The van der Waals surface area contributed by atoms with E-state index in [1.807, 2.05) is 0 Å². The smallest absolute Gasteiger partial charge is 0.271 e. The monoisotopic (exact) mass is 308 g/mol. The molecule has 0 atom stereocenters. The molecule has 0 fully saturated rings. The summed E-state index contributed by atoms with van der Waals surface area (Å²) in [6, 6.07) is 9.31. The number of rotatable bonds is 3. The number of amides is 1. The minimum atomic E-state index is -0.364. The Morgan fingerprint density at radius 1 is 1.28 bits per heavy atom. The molecule has 0 bridgehead atoms. The second kappa shape index (κ2) is 5.50. The lowest BCUT2D eigenvalue weighted by Crippen LogP contribution is -2.17. The highest BCUT2D eigenvalue weighted by atomic mass is 79.9. The van der Waals surface area contributed by atoms with Crippen LogP contribution in [0.1, 0.15) is 16.1 Å². The van der Waals surface area contributed by atoms with Gasteiger partial charge in [-0.05, 0) is 52.3 Å². The molecule has 0 aliphatic carbocycles. The highest BCUT2D eigenvalue weighted by Crippen LogP contribution is 2.12. The van der Waals surface area contributed by atoms with Crippen LogP contribution < -0.4 is 5.43 Å². The summed E-state index contributed by atoms with van der Waals surface area (Å²) in [7, 11) is 0. The van der Waals surface area contributed by atoms with Crippen LogP contribution in [0.4, 0.5) is 0 Å². The minimum Gasteiger partial charge on any atom is -0.508 e. The number of hydrazone groups is 1. The number of benzene rings is 1. The zero-order valence-corrected chi connectivity index (χ0v) is 10.7. The van der Waals surface area contributed by atoms with Gasteiger partial charge in [-0.3, -0.25) is 4.79 Å². The van der Waals surface area contributed by atoms with E-state index in [-0.39, 0.29) is 11.7 Å². The molecule has 0 aliphatic rings. The van der Waals surface area contributed by atoms with Gasteiger partial charge in [0.15, 0.2) is 4.67 Å². The molecule has 92 valence electrons. The van der Waals surface area contributed by atoms with Gasteiger partial charge in [-0.25, -0.2) is 5.43 Å². The first-order valence-electron chi connectivity index (χ1n) is 5.03. The Kier molecular flexibility index (Phi) is 3.78. The molecule has 2 aromatic rings. The molecule has 1 amide bonds. The first kappa shape index (κ1) is 12.4. The fourth-order valence-corrected chi connectivity index (χ4v) is 1.55. The van der Waals surface area contributed by atoms with Crippen LogP contribution in [0.15, 0.2) is 50.6 Å². The normalized spacial score (nSPS) is 10.7. The molecular formula is C12H9BrN2O3. The standard InChI is InChI=1S/C12H9BrN2O3/c13-11-6-5-10(18-11)7-14-15-12(17)8-1-3-9(16)4-2-8/h1-7,16H,(H,15,17)/b14-7+. The number of carbonyl (C=O) groups excluding carboxylic acids is 1. The van der Waals surface area contributed by atoms with Crippen LogP contribution in [-0.4, -0.2) is 17.2 Å². The van der Waals surface area contributed by atoms with Crippen molar-refractivity contribution in [3.8, 4) is 5.75 Å². The number of hydrogen-bond acceptors (Lipinski definition) is 4. The SMILES string of the molecule is O=C(N/N=C/c1ccc(Br)o1)c1ccc(O)cc1. The Labute approximate surface area is 111 Å². The zero-order valence-electron chi connectivity index (χ0n) is 9.13. The van der Waals surface area contributed by atoms with E-state index < -0.39 is 0 Å². The van der Waals surface area contributed by atoms with Crippen LogP contribution in [0.5, 0.6) is 5.75 Å². The predicted molar refractivity (Wildman–Crippen MR) is 69.6 cm³/mol. The minimum absolute atomic E-state index is 0.107. The largest absolute Gasteiger partial charge is 0.508 e. The highest BCUT2D eigenvalue weighted by molar-refractivity contribution is 9.10. The Morgan fingerprint density at radius 2 is 2.00 bits per heavy atom. The molecule has 0 saturated heterocycles. The number of nitrogens with one attached hydrogen (secondary N) is 1. The fraction of sp³-hybridized carbons (Fsp3) is 0. The van der Waals surface area contributed by atoms with Crippen molar-refractivity contribution < 1.29 is 14.3 Å². The topological polar surface area (TPSA) is 74.8 Å². The van der Waals surface area contributed by atoms with Gasteiger partial charge in [-0.1, -0.05) is 0 Å². The highest BCUT2D eigenvalue weighted by Gasteiger charge is 2.03. The Morgan fingerprint density at radius 3 is 2.61 bits per heavy atom. The second-order valence-electron chi connectivity index (χ2n) is 3.39. The summed E-state index contributed by atoms with van der Waals surface area (Å²) < 4.78 is 5.76. The van der Waals surface area contributed by atoms with Crippen LogP contribution in [0.25, 0.3) is 0 Å². The van der Waals surface area contributed by atoms with Crippen LogP contribution >= 0.6 is 15.9 Å². The van der Waals surface area contributed by atoms with E-state index in [9.17, 15) is 4.79 Å². The van der Waals surface area contributed by atoms with Gasteiger partial charge >= 0.3 is 0 Å². The van der Waals surface area contributed by atoms with Crippen molar-refractivity contribution in [3.05, 3.63) is 52.4 Å². The van der Waals surface area contributed by atoms with Gasteiger partial charge in [0, 0.05) is 5.56 Å². The molecule has 5 nitrogen and oxygen atoms in total. The van der Waals surface area contributed by atoms with E-state index in [2.05, 4.69) is 26.5 Å². The van der Waals surface area contributed by atoms with E-state index in [4.69, 9.17) is 9.52 Å². The molecule has 1 heterocycles. The summed E-state index contributed by atoms with van der Waals surface area (Å²) in [6.45, 7) is 0. The van der Waals surface area contributed by atoms with Crippen molar-refractivity contribution in [1.29, 1.82) is 0 Å². The summed E-state index contributed by atoms with van der Waals surface area (Å²) in [5, 5.41) is 12.8. The summed E-state index contributed by atoms with van der Waals surface area (Å²) in [5.41, 5.74) is 2.76. The van der Waals surface area contributed by atoms with Gasteiger partial charge in [0.1, 0.15) is 11.5 Å². The van der Waals surface area contributed by atoms with Gasteiger partial charge in [0.25, 0.3) is 5.91 Å². The third-order valence-corrected chi connectivity index (χ3v) is 2.51. The van der Waals surface area contributed by atoms with Gasteiger partial charge in [-0.2, -0.15) is 5.10 Å². The Bertz CT molecular complexity index is 575. The fourth-order valence-electron chi connectivity index (χ4n) is 1.23. The number of nitrogens with zero attached hydrogens (tertiary/aromatic N) is 1. The zero-order chi connectivity index (χ0) is 13.0. The first-order chi connectivity index (χ1) is 8.65. The molecule has 18 heavy (non-hydrogen) atoms. The molecule has 2 N–H and O–H groups in total. The second-order valence-corrected chi connectivity index (χ2v) is 4.17. The number of halogens is 1. The number of furan rings is 1. The van der Waals surface area contributed by atoms with Crippen molar-refractivity contribution in [2.45, 2.75) is 0 Å². The average Bonchev–Trinajstić information content (AvgIpc) is 2.76. The lowest BCUT2D eigenvalue weighted by Gasteiger charge is -1.99. The van der Waals surface area contributed by atoms with E-state index in [0.29, 0.717) is 16.0 Å². The lowest BCUT2D eigenvalue weighted by molar-refractivity contribution is 0.0955. The number of hydrogen-bond donors (Lipinski definition) is 2. The molecule has 1 aromatic heterocycles. The molecule has 0 saturated carbocycles. The number of phenolic OH excluding ortho intramolecular Hbond substituents is 1. The van der Waals surface area contributed by atoms with E-state index in [0.717, 1.165) is 0 Å². The number of aromatic hydroxyl groups is 1. The summed E-state index contributed by atoms with van der Waals surface area (Å²) in [4.78, 5) is 11.6. The Hall–Kier alpha value is -2.08. The maximum atomic E-state index is 11.6. The molecule has 2 rings (SSSR count). The van der Waals surface area contributed by atoms with Gasteiger partial charge in [-0.15, -0.1) is 0 Å². The molecular weight excluding hydrogens is 300 g/mol. The van der Waals surface area contributed by atoms with Crippen LogP contribution in [0.3, 0.4) is 0 Å². The number of phenols is 1. The van der Waals surface area contributed by atoms with Crippen molar-refractivity contribution in [2.75, 3.05) is 0 Å². The summed E-state index contributed by atoms with van der Waals surface area (Å²) in [5.74, 6) is 0.264. The van der Waals surface area contributed by atoms with E-state index >= 15 is 0 Å². The Balaban J connectivity index is 1.96. The van der Waals surface area contributed by atoms with Crippen molar-refractivity contribution in [3.63, 3.8) is 0 Å². The molecule has 0 radical (unpaired) electrons. The summed E-state index contributed by atoms with van der Waals surface area (Å²) >= 11 is 3.16. The van der Waals surface area contributed by atoms with Crippen molar-refractivity contribution in [1.82, 2.24) is 5.43 Å². The average molecular weight is 309 g/mol. The lowest BCUT2D eigenvalue weighted by atomic mass is 10.2. The van der Waals surface area contributed by atoms with Gasteiger partial charge in [0.2, 0.25) is 0 Å². The van der Waals surface area contributed by atoms with Gasteiger partial charge in [0.05, 0.1) is 6.21 Å². The van der Waals surface area contributed by atoms with Crippen LogP contribution in [-0.2, 0) is 0 Å². The summed E-state index contributed by atoms with van der Waals surface area (Å²) in [6.07, 6.45) is 1.39. The molecule has 0 spiro atoms. The first-order valence-corrected chi connectivity index (χ1v) is 5.82. The maximum Gasteiger partial charge on any atom is 0.271 e. The number of carbonyl (C=O) groups is 1. The van der Waals surface area contributed by atoms with Crippen LogP contribution in [0, 0.1) is 0 Å². The third-order valence-electron chi connectivity index (χ3n) is 2.08. The predicted octanol–water partition coefficient (Wildman–Crippen LogP) is 2.51. The third kappa shape index (κ3) is 3.21. The van der Waals surface area contributed by atoms with Crippen LogP contribution in [0.2, 0.25) is 0 Å². The van der Waals surface area contributed by atoms with Crippen molar-refractivity contribution >= 4 is 28.1 Å². The molecule has 0 aliphatic heterocycles. The molecule has 0 unspecified atom stereocenters. The maximum absolute atomic E-state index is 11.6.